The molecule has 0 radical (unpaired) electrons. The molecule has 3 rings (SSSR count). The minimum Gasteiger partial charge on any atom is -0.494 e. The average Bonchev–Trinajstić information content (AvgIpc) is 2.99. The molecule has 1 aliphatic carbocycles. The molecule has 6 heteroatoms. The van der Waals surface area contributed by atoms with Crippen molar-refractivity contribution in [1.29, 1.82) is 0 Å². The maximum absolute atomic E-state index is 6.16. The van der Waals surface area contributed by atoms with Crippen LogP contribution in [0.5, 0.6) is 11.5 Å². The third-order valence-corrected chi connectivity index (χ3v) is 3.82. The standard InChI is InChI=1S/C16H21N3O3/c1-2-10-20-12-4-6-13(7-5-12)21-11-14-18-15(19-22-14)16(17)8-3-9-16/h4-7H,2-3,8-11,17H2,1H3. The summed E-state index contributed by atoms with van der Waals surface area (Å²) in [5.74, 6) is 2.60. The highest BCUT2D eigenvalue weighted by molar-refractivity contribution is 5.31. The first-order chi connectivity index (χ1) is 10.7. The molecule has 2 aromatic rings. The molecule has 1 fully saturated rings. The van der Waals surface area contributed by atoms with Gasteiger partial charge in [-0.05, 0) is 49.9 Å². The number of hydrogen-bond donors (Lipinski definition) is 1. The molecule has 2 N–H and O–H groups in total. The Bertz CT molecular complexity index is 605. The molecular formula is C16H21N3O3. The summed E-state index contributed by atoms with van der Waals surface area (Å²) in [6.07, 6.45) is 3.92. The Hall–Kier alpha value is -2.08. The summed E-state index contributed by atoms with van der Waals surface area (Å²) >= 11 is 0. The second kappa shape index (κ2) is 6.36. The van der Waals surface area contributed by atoms with Crippen molar-refractivity contribution in [2.75, 3.05) is 6.61 Å². The van der Waals surface area contributed by atoms with Crippen LogP contribution in [0.15, 0.2) is 28.8 Å². The number of rotatable bonds is 7. The molecule has 1 heterocycles. The number of benzene rings is 1. The first kappa shape index (κ1) is 14.8. The van der Waals surface area contributed by atoms with Crippen molar-refractivity contribution >= 4 is 0 Å². The predicted molar refractivity (Wildman–Crippen MR) is 80.6 cm³/mol. The largest absolute Gasteiger partial charge is 0.494 e. The third kappa shape index (κ3) is 3.22. The van der Waals surface area contributed by atoms with E-state index < -0.39 is 5.54 Å². The molecule has 0 bridgehead atoms. The van der Waals surface area contributed by atoms with Gasteiger partial charge in [-0.3, -0.25) is 0 Å². The molecule has 1 aromatic heterocycles. The molecule has 1 saturated carbocycles. The molecular weight excluding hydrogens is 282 g/mol. The summed E-state index contributed by atoms with van der Waals surface area (Å²) in [5, 5.41) is 3.96. The Morgan fingerprint density at radius 3 is 2.45 bits per heavy atom. The highest BCUT2D eigenvalue weighted by atomic mass is 16.5. The number of hydrogen-bond acceptors (Lipinski definition) is 6. The first-order valence-electron chi connectivity index (χ1n) is 7.67. The van der Waals surface area contributed by atoms with Gasteiger partial charge in [0.25, 0.3) is 5.89 Å². The van der Waals surface area contributed by atoms with Crippen molar-refractivity contribution in [3.05, 3.63) is 36.0 Å². The monoisotopic (exact) mass is 303 g/mol. The van der Waals surface area contributed by atoms with Crippen molar-refractivity contribution in [3.8, 4) is 11.5 Å². The van der Waals surface area contributed by atoms with Gasteiger partial charge in [0.1, 0.15) is 11.5 Å². The minimum atomic E-state index is -0.403. The molecule has 0 unspecified atom stereocenters. The van der Waals surface area contributed by atoms with Crippen LogP contribution in [0.4, 0.5) is 0 Å². The lowest BCUT2D eigenvalue weighted by molar-refractivity contribution is 0.222. The second-order valence-electron chi connectivity index (χ2n) is 5.63. The Kier molecular flexibility index (Phi) is 4.29. The number of nitrogens with zero attached hydrogens (tertiary/aromatic N) is 2. The van der Waals surface area contributed by atoms with Gasteiger partial charge in [0.2, 0.25) is 0 Å². The molecule has 118 valence electrons. The van der Waals surface area contributed by atoms with Gasteiger partial charge in [-0.1, -0.05) is 12.1 Å². The van der Waals surface area contributed by atoms with E-state index in [1.807, 2.05) is 24.3 Å². The van der Waals surface area contributed by atoms with Gasteiger partial charge in [0, 0.05) is 0 Å². The van der Waals surface area contributed by atoms with Crippen LogP contribution >= 0.6 is 0 Å². The van der Waals surface area contributed by atoms with E-state index >= 15 is 0 Å². The van der Waals surface area contributed by atoms with Crippen LogP contribution in [0.2, 0.25) is 0 Å². The lowest BCUT2D eigenvalue weighted by Crippen LogP contribution is -2.44. The van der Waals surface area contributed by atoms with E-state index in [1.54, 1.807) is 0 Å². The first-order valence-corrected chi connectivity index (χ1v) is 7.67. The van der Waals surface area contributed by atoms with Crippen LogP contribution < -0.4 is 15.2 Å². The smallest absolute Gasteiger partial charge is 0.264 e. The lowest BCUT2D eigenvalue weighted by Gasteiger charge is -2.34. The number of aromatic nitrogens is 2. The summed E-state index contributed by atoms with van der Waals surface area (Å²) in [5.41, 5.74) is 5.76. The van der Waals surface area contributed by atoms with Gasteiger partial charge in [-0.2, -0.15) is 4.98 Å². The predicted octanol–water partition coefficient (Wildman–Crippen LogP) is 2.78. The maximum Gasteiger partial charge on any atom is 0.264 e. The zero-order valence-electron chi connectivity index (χ0n) is 12.7. The third-order valence-electron chi connectivity index (χ3n) is 3.82. The zero-order valence-corrected chi connectivity index (χ0v) is 12.7. The molecule has 0 spiro atoms. The van der Waals surface area contributed by atoms with E-state index in [0.29, 0.717) is 18.3 Å². The normalized spacial score (nSPS) is 16.1. The Morgan fingerprint density at radius 2 is 1.86 bits per heavy atom. The van der Waals surface area contributed by atoms with E-state index in [4.69, 9.17) is 19.7 Å². The van der Waals surface area contributed by atoms with E-state index in [1.165, 1.54) is 0 Å². The van der Waals surface area contributed by atoms with E-state index in [0.717, 1.165) is 37.2 Å². The number of ether oxygens (including phenoxy) is 2. The zero-order chi connectivity index (χ0) is 15.4. The molecule has 0 atom stereocenters. The molecule has 0 aliphatic heterocycles. The molecule has 6 nitrogen and oxygen atoms in total. The fourth-order valence-electron chi connectivity index (χ4n) is 2.29. The lowest BCUT2D eigenvalue weighted by atomic mass is 9.77. The van der Waals surface area contributed by atoms with Crippen molar-refractivity contribution in [2.24, 2.45) is 5.73 Å². The number of nitrogens with two attached hydrogens (primary N) is 1. The van der Waals surface area contributed by atoms with Gasteiger partial charge in [0.05, 0.1) is 12.1 Å². The van der Waals surface area contributed by atoms with Gasteiger partial charge in [-0.25, -0.2) is 0 Å². The van der Waals surface area contributed by atoms with Crippen LogP contribution in [0.25, 0.3) is 0 Å². The quantitative estimate of drug-likeness (QED) is 0.846. The van der Waals surface area contributed by atoms with Crippen LogP contribution in [-0.2, 0) is 12.1 Å². The summed E-state index contributed by atoms with van der Waals surface area (Å²) in [6, 6.07) is 7.48. The summed E-state index contributed by atoms with van der Waals surface area (Å²) in [4.78, 5) is 4.32. The molecule has 22 heavy (non-hydrogen) atoms. The molecule has 1 aromatic carbocycles. The van der Waals surface area contributed by atoms with E-state index in [2.05, 4.69) is 17.1 Å². The van der Waals surface area contributed by atoms with Crippen molar-refractivity contribution < 1.29 is 14.0 Å². The van der Waals surface area contributed by atoms with Crippen LogP contribution in [0.3, 0.4) is 0 Å². The maximum atomic E-state index is 6.16. The summed E-state index contributed by atoms with van der Waals surface area (Å²) in [7, 11) is 0. The average molecular weight is 303 g/mol. The van der Waals surface area contributed by atoms with Crippen LogP contribution in [0.1, 0.15) is 44.3 Å². The Labute approximate surface area is 129 Å². The van der Waals surface area contributed by atoms with Gasteiger partial charge >= 0.3 is 0 Å². The van der Waals surface area contributed by atoms with Gasteiger partial charge in [0.15, 0.2) is 12.4 Å². The van der Waals surface area contributed by atoms with E-state index in [-0.39, 0.29) is 6.61 Å². The van der Waals surface area contributed by atoms with Crippen LogP contribution in [-0.4, -0.2) is 16.7 Å². The highest BCUT2D eigenvalue weighted by Crippen LogP contribution is 2.36. The summed E-state index contributed by atoms with van der Waals surface area (Å²) < 4.78 is 16.4. The van der Waals surface area contributed by atoms with Gasteiger partial charge in [-0.15, -0.1) is 0 Å². The second-order valence-corrected chi connectivity index (χ2v) is 5.63. The SMILES string of the molecule is CCCOc1ccc(OCc2nc(C3(N)CCC3)no2)cc1. The highest BCUT2D eigenvalue weighted by Gasteiger charge is 2.38. The Morgan fingerprint density at radius 1 is 1.18 bits per heavy atom. The fraction of sp³-hybridized carbons (Fsp3) is 0.500. The Balaban J connectivity index is 1.54. The molecule has 0 saturated heterocycles. The van der Waals surface area contributed by atoms with Crippen LogP contribution in [0, 0.1) is 0 Å². The fourth-order valence-corrected chi connectivity index (χ4v) is 2.29. The van der Waals surface area contributed by atoms with Crippen molar-refractivity contribution in [3.63, 3.8) is 0 Å². The minimum absolute atomic E-state index is 0.234. The van der Waals surface area contributed by atoms with Gasteiger partial charge < -0.3 is 19.7 Å². The molecule has 1 aliphatic rings. The topological polar surface area (TPSA) is 83.4 Å². The summed E-state index contributed by atoms with van der Waals surface area (Å²) in [6.45, 7) is 3.02. The van der Waals surface area contributed by atoms with Crippen molar-refractivity contribution in [2.45, 2.75) is 44.8 Å². The van der Waals surface area contributed by atoms with E-state index in [9.17, 15) is 0 Å². The molecule has 0 amide bonds. The van der Waals surface area contributed by atoms with Crippen molar-refractivity contribution in [1.82, 2.24) is 10.1 Å².